The number of benzene rings is 2. The molecule has 0 N–H and O–H groups in total. The van der Waals surface area contributed by atoms with Crippen molar-refractivity contribution < 1.29 is 4.52 Å². The SMILES string of the molecule is C(=C(c1ccccc1)c1ccon1)c1ccccc1. The van der Waals surface area contributed by atoms with Crippen LogP contribution in [0.4, 0.5) is 0 Å². The van der Waals surface area contributed by atoms with Gasteiger partial charge in [-0.2, -0.15) is 0 Å². The maximum absolute atomic E-state index is 4.96. The van der Waals surface area contributed by atoms with Crippen LogP contribution in [0.5, 0.6) is 0 Å². The third-order valence-electron chi connectivity index (χ3n) is 2.91. The molecular formula is C17H13NO. The molecule has 0 atom stereocenters. The maximum Gasteiger partial charge on any atom is 0.124 e. The molecule has 0 aliphatic carbocycles. The molecule has 0 spiro atoms. The van der Waals surface area contributed by atoms with E-state index < -0.39 is 0 Å². The summed E-state index contributed by atoms with van der Waals surface area (Å²) in [5.74, 6) is 0. The Morgan fingerprint density at radius 2 is 1.53 bits per heavy atom. The number of hydrogen-bond donors (Lipinski definition) is 0. The van der Waals surface area contributed by atoms with Gasteiger partial charge in [0.25, 0.3) is 0 Å². The molecule has 0 saturated heterocycles. The van der Waals surface area contributed by atoms with Crippen LogP contribution in [0.2, 0.25) is 0 Å². The molecule has 3 aromatic rings. The van der Waals surface area contributed by atoms with Crippen molar-refractivity contribution in [3.63, 3.8) is 0 Å². The Labute approximate surface area is 112 Å². The maximum atomic E-state index is 4.96. The van der Waals surface area contributed by atoms with Gasteiger partial charge >= 0.3 is 0 Å². The molecule has 0 radical (unpaired) electrons. The van der Waals surface area contributed by atoms with Crippen LogP contribution in [0.25, 0.3) is 11.6 Å². The number of hydrogen-bond acceptors (Lipinski definition) is 2. The minimum Gasteiger partial charge on any atom is -0.364 e. The average Bonchev–Trinajstić information content (AvgIpc) is 3.01. The van der Waals surface area contributed by atoms with Crippen molar-refractivity contribution in [2.24, 2.45) is 0 Å². The highest BCUT2D eigenvalue weighted by Gasteiger charge is 2.07. The van der Waals surface area contributed by atoms with E-state index in [-0.39, 0.29) is 0 Å². The summed E-state index contributed by atoms with van der Waals surface area (Å²) in [7, 11) is 0. The van der Waals surface area contributed by atoms with E-state index in [1.54, 1.807) is 6.26 Å². The van der Waals surface area contributed by atoms with Gasteiger partial charge in [0.05, 0.1) is 0 Å². The largest absolute Gasteiger partial charge is 0.364 e. The van der Waals surface area contributed by atoms with Crippen molar-refractivity contribution >= 4 is 11.6 Å². The van der Waals surface area contributed by atoms with Crippen LogP contribution in [0.15, 0.2) is 77.5 Å². The Morgan fingerprint density at radius 1 is 0.842 bits per heavy atom. The summed E-state index contributed by atoms with van der Waals surface area (Å²) < 4.78 is 4.96. The van der Waals surface area contributed by atoms with E-state index in [1.807, 2.05) is 42.5 Å². The second-order valence-electron chi connectivity index (χ2n) is 4.22. The van der Waals surface area contributed by atoms with Gasteiger partial charge in [-0.1, -0.05) is 65.8 Å². The Hall–Kier alpha value is -2.61. The topological polar surface area (TPSA) is 26.0 Å². The zero-order valence-electron chi connectivity index (χ0n) is 10.4. The van der Waals surface area contributed by atoms with Gasteiger partial charge in [0.1, 0.15) is 12.0 Å². The first-order chi connectivity index (χ1) is 9.43. The van der Waals surface area contributed by atoms with Gasteiger partial charge in [0.15, 0.2) is 0 Å². The molecule has 19 heavy (non-hydrogen) atoms. The lowest BCUT2D eigenvalue weighted by Crippen LogP contribution is -1.88. The fraction of sp³-hybridized carbons (Fsp3) is 0. The first-order valence-corrected chi connectivity index (χ1v) is 6.16. The molecule has 1 aromatic heterocycles. The van der Waals surface area contributed by atoms with E-state index in [0.717, 1.165) is 22.4 Å². The minimum atomic E-state index is 0.843. The van der Waals surface area contributed by atoms with Gasteiger partial charge in [-0.05, 0) is 17.2 Å². The van der Waals surface area contributed by atoms with E-state index in [1.165, 1.54) is 0 Å². The molecule has 92 valence electrons. The third-order valence-corrected chi connectivity index (χ3v) is 2.91. The van der Waals surface area contributed by atoms with Crippen LogP contribution in [0.1, 0.15) is 16.8 Å². The molecule has 2 heteroatoms. The van der Waals surface area contributed by atoms with Crippen LogP contribution < -0.4 is 0 Å². The predicted octanol–water partition coefficient (Wildman–Crippen LogP) is 4.26. The molecule has 2 aromatic carbocycles. The summed E-state index contributed by atoms with van der Waals surface area (Å²) in [4.78, 5) is 0. The molecule has 0 unspecified atom stereocenters. The predicted molar refractivity (Wildman–Crippen MR) is 76.4 cm³/mol. The second kappa shape index (κ2) is 5.36. The fourth-order valence-electron chi connectivity index (χ4n) is 1.99. The molecule has 0 aliphatic heterocycles. The monoisotopic (exact) mass is 247 g/mol. The van der Waals surface area contributed by atoms with Gasteiger partial charge in [0, 0.05) is 11.6 Å². The molecule has 0 aliphatic rings. The van der Waals surface area contributed by atoms with Crippen LogP contribution in [-0.4, -0.2) is 5.16 Å². The van der Waals surface area contributed by atoms with Crippen molar-refractivity contribution in [2.75, 3.05) is 0 Å². The Morgan fingerprint density at radius 3 is 2.16 bits per heavy atom. The minimum absolute atomic E-state index is 0.843. The van der Waals surface area contributed by atoms with Crippen molar-refractivity contribution in [1.29, 1.82) is 0 Å². The number of rotatable bonds is 3. The molecule has 0 saturated carbocycles. The molecule has 2 nitrogen and oxygen atoms in total. The normalized spacial score (nSPS) is 11.5. The third kappa shape index (κ3) is 2.63. The second-order valence-corrected chi connectivity index (χ2v) is 4.22. The van der Waals surface area contributed by atoms with Gasteiger partial charge in [-0.15, -0.1) is 0 Å². The number of aromatic nitrogens is 1. The zero-order chi connectivity index (χ0) is 12.9. The average molecular weight is 247 g/mol. The first-order valence-electron chi connectivity index (χ1n) is 6.16. The summed E-state index contributed by atoms with van der Waals surface area (Å²) in [6.45, 7) is 0. The van der Waals surface area contributed by atoms with Gasteiger partial charge in [-0.3, -0.25) is 0 Å². The Kier molecular flexibility index (Phi) is 3.24. The molecule has 0 fully saturated rings. The van der Waals surface area contributed by atoms with E-state index in [2.05, 4.69) is 35.5 Å². The van der Waals surface area contributed by atoms with Crippen molar-refractivity contribution in [2.45, 2.75) is 0 Å². The molecule has 1 heterocycles. The Bertz CT molecular complexity index is 655. The van der Waals surface area contributed by atoms with Crippen molar-refractivity contribution in [1.82, 2.24) is 5.16 Å². The Balaban J connectivity index is 2.10. The van der Waals surface area contributed by atoms with Crippen LogP contribution in [0.3, 0.4) is 0 Å². The molecule has 0 bridgehead atoms. The highest BCUT2D eigenvalue weighted by molar-refractivity contribution is 5.89. The fourth-order valence-corrected chi connectivity index (χ4v) is 1.99. The smallest absolute Gasteiger partial charge is 0.124 e. The van der Waals surface area contributed by atoms with Crippen molar-refractivity contribution in [3.8, 4) is 0 Å². The summed E-state index contributed by atoms with van der Waals surface area (Å²) in [5.41, 5.74) is 4.17. The standard InChI is InChI=1S/C17H13NO/c1-3-7-14(8-4-1)13-16(17-11-12-19-18-17)15-9-5-2-6-10-15/h1-13H. The molecular weight excluding hydrogens is 234 g/mol. The van der Waals surface area contributed by atoms with Crippen molar-refractivity contribution in [3.05, 3.63) is 89.8 Å². The van der Waals surface area contributed by atoms with Gasteiger partial charge in [-0.25, -0.2) is 0 Å². The van der Waals surface area contributed by atoms with Crippen LogP contribution in [0, 0.1) is 0 Å². The van der Waals surface area contributed by atoms with Crippen LogP contribution >= 0.6 is 0 Å². The van der Waals surface area contributed by atoms with Gasteiger partial charge in [0.2, 0.25) is 0 Å². The lowest BCUT2D eigenvalue weighted by atomic mass is 10.00. The summed E-state index contributed by atoms with van der Waals surface area (Å²) >= 11 is 0. The lowest BCUT2D eigenvalue weighted by Gasteiger charge is -2.04. The van der Waals surface area contributed by atoms with E-state index in [4.69, 9.17) is 4.52 Å². The van der Waals surface area contributed by atoms with E-state index >= 15 is 0 Å². The highest BCUT2D eigenvalue weighted by atomic mass is 16.5. The van der Waals surface area contributed by atoms with Crippen LogP contribution in [-0.2, 0) is 0 Å². The lowest BCUT2D eigenvalue weighted by molar-refractivity contribution is 0.418. The van der Waals surface area contributed by atoms with E-state index in [9.17, 15) is 0 Å². The summed E-state index contributed by atoms with van der Waals surface area (Å²) in [6, 6.07) is 22.3. The quantitative estimate of drug-likeness (QED) is 0.646. The summed E-state index contributed by atoms with van der Waals surface area (Å²) in [5, 5.41) is 4.05. The summed E-state index contributed by atoms with van der Waals surface area (Å²) in [6.07, 6.45) is 3.71. The number of nitrogens with zero attached hydrogens (tertiary/aromatic N) is 1. The first kappa shape index (κ1) is 11.5. The molecule has 3 rings (SSSR count). The van der Waals surface area contributed by atoms with Gasteiger partial charge < -0.3 is 4.52 Å². The zero-order valence-corrected chi connectivity index (χ0v) is 10.4. The highest BCUT2D eigenvalue weighted by Crippen LogP contribution is 2.24. The van der Waals surface area contributed by atoms with E-state index in [0.29, 0.717) is 0 Å². The molecule has 0 amide bonds.